The molecule has 1 saturated heterocycles. The van der Waals surface area contributed by atoms with Gasteiger partial charge in [-0.25, -0.2) is 27.2 Å². The van der Waals surface area contributed by atoms with E-state index in [9.17, 15) is 18.0 Å². The SMILES string of the molecule is Cc1cn(S(=O)(=O)c2ccccc2)c2ncnc(N3CCN(C(=O)C(CNC(=O)OC(C)(C)C)c4ccc(Cl)cc4)CC3)c12. The van der Waals surface area contributed by atoms with Crippen LogP contribution in [0.25, 0.3) is 11.0 Å². The zero-order chi connectivity index (χ0) is 31.6. The van der Waals surface area contributed by atoms with Crippen LogP contribution in [0.15, 0.2) is 72.0 Å². The standard InChI is InChI=1S/C31H35ClN6O5S/c1-21-19-38(44(41,42)24-8-6-5-7-9-24)28-26(21)27(34-20-35-28)36-14-16-37(17-15-36)29(39)25(22-10-12-23(32)13-11-22)18-33-30(40)43-31(2,3)4/h5-13,19-20,25H,14-18H2,1-4H3,(H,33,40). The molecule has 3 heterocycles. The van der Waals surface area contributed by atoms with Crippen LogP contribution in [0.5, 0.6) is 0 Å². The lowest BCUT2D eigenvalue weighted by molar-refractivity contribution is -0.133. The van der Waals surface area contributed by atoms with Crippen molar-refractivity contribution >= 4 is 50.5 Å². The Kier molecular flexibility index (Phi) is 8.85. The van der Waals surface area contributed by atoms with Crippen LogP contribution in [0.3, 0.4) is 0 Å². The third-order valence-electron chi connectivity index (χ3n) is 7.33. The van der Waals surface area contributed by atoms with E-state index in [1.165, 1.54) is 10.3 Å². The number of nitrogens with one attached hydrogen (secondary N) is 1. The first-order valence-corrected chi connectivity index (χ1v) is 16.1. The fraction of sp³-hybridized carbons (Fsp3) is 0.355. The van der Waals surface area contributed by atoms with Crippen LogP contribution in [-0.4, -0.2) is 77.6 Å². The molecule has 0 saturated carbocycles. The maximum atomic E-state index is 13.8. The van der Waals surface area contributed by atoms with Gasteiger partial charge in [-0.05, 0) is 63.1 Å². The Morgan fingerprint density at radius 3 is 2.30 bits per heavy atom. The number of piperazine rings is 1. The molecule has 4 aromatic rings. The number of halogens is 1. The molecule has 0 aliphatic carbocycles. The average molecular weight is 639 g/mol. The number of fused-ring (bicyclic) bond motifs is 1. The van der Waals surface area contributed by atoms with Crippen molar-refractivity contribution in [2.24, 2.45) is 0 Å². The van der Waals surface area contributed by atoms with Gasteiger partial charge < -0.3 is 19.9 Å². The van der Waals surface area contributed by atoms with E-state index in [4.69, 9.17) is 16.3 Å². The molecule has 0 bridgehead atoms. The number of aromatic nitrogens is 3. The average Bonchev–Trinajstić information content (AvgIpc) is 3.35. The first-order valence-electron chi connectivity index (χ1n) is 14.2. The number of carbonyl (C=O) groups excluding carboxylic acids is 2. The maximum absolute atomic E-state index is 13.8. The molecule has 5 rings (SSSR count). The van der Waals surface area contributed by atoms with Gasteiger partial charge in [-0.1, -0.05) is 41.9 Å². The summed E-state index contributed by atoms with van der Waals surface area (Å²) in [5, 5.41) is 3.93. The Hall–Kier alpha value is -4.16. The molecule has 13 heteroatoms. The van der Waals surface area contributed by atoms with E-state index in [0.717, 1.165) is 11.1 Å². The molecule has 2 aromatic carbocycles. The van der Waals surface area contributed by atoms with Gasteiger partial charge in [-0.2, -0.15) is 0 Å². The van der Waals surface area contributed by atoms with Gasteiger partial charge in [0.15, 0.2) is 5.65 Å². The second-order valence-electron chi connectivity index (χ2n) is 11.6. The van der Waals surface area contributed by atoms with Gasteiger partial charge in [0.25, 0.3) is 10.0 Å². The van der Waals surface area contributed by atoms with Crippen molar-refractivity contribution in [1.82, 2.24) is 24.2 Å². The first kappa shape index (κ1) is 31.3. The first-order chi connectivity index (χ1) is 20.8. The zero-order valence-corrected chi connectivity index (χ0v) is 26.6. The van der Waals surface area contributed by atoms with E-state index < -0.39 is 27.6 Å². The van der Waals surface area contributed by atoms with Crippen LogP contribution in [0.2, 0.25) is 5.02 Å². The van der Waals surface area contributed by atoms with Crippen LogP contribution in [-0.2, 0) is 19.6 Å². The van der Waals surface area contributed by atoms with Crippen molar-refractivity contribution in [3.8, 4) is 0 Å². The molecule has 1 aliphatic rings. The predicted molar refractivity (Wildman–Crippen MR) is 169 cm³/mol. The van der Waals surface area contributed by atoms with E-state index in [1.54, 1.807) is 86.5 Å². The molecule has 11 nitrogen and oxygen atoms in total. The van der Waals surface area contributed by atoms with Crippen LogP contribution >= 0.6 is 11.6 Å². The van der Waals surface area contributed by atoms with Crippen LogP contribution in [0.1, 0.15) is 37.8 Å². The summed E-state index contributed by atoms with van der Waals surface area (Å²) in [6, 6.07) is 15.2. The summed E-state index contributed by atoms with van der Waals surface area (Å²) in [6.45, 7) is 8.98. The molecular weight excluding hydrogens is 604 g/mol. The van der Waals surface area contributed by atoms with E-state index in [0.29, 0.717) is 48.1 Å². The second-order valence-corrected chi connectivity index (χ2v) is 13.9. The lowest BCUT2D eigenvalue weighted by atomic mass is 9.97. The molecule has 2 amide bonds. The fourth-order valence-electron chi connectivity index (χ4n) is 5.22. The number of amides is 2. The number of ether oxygens (including phenoxy) is 1. The van der Waals surface area contributed by atoms with E-state index in [1.807, 2.05) is 11.8 Å². The van der Waals surface area contributed by atoms with Gasteiger partial charge in [-0.3, -0.25) is 4.79 Å². The zero-order valence-electron chi connectivity index (χ0n) is 25.0. The minimum atomic E-state index is -3.86. The lowest BCUT2D eigenvalue weighted by Gasteiger charge is -2.37. The van der Waals surface area contributed by atoms with Crippen LogP contribution in [0.4, 0.5) is 10.6 Å². The molecule has 1 unspecified atom stereocenters. The Morgan fingerprint density at radius 2 is 1.66 bits per heavy atom. The third kappa shape index (κ3) is 6.66. The summed E-state index contributed by atoms with van der Waals surface area (Å²) in [6.07, 6.45) is 2.34. The number of rotatable bonds is 7. The summed E-state index contributed by atoms with van der Waals surface area (Å²) in [5.74, 6) is -0.161. The van der Waals surface area contributed by atoms with Crippen molar-refractivity contribution in [3.63, 3.8) is 0 Å². The molecule has 232 valence electrons. The van der Waals surface area contributed by atoms with Crippen LogP contribution in [0, 0.1) is 6.92 Å². The van der Waals surface area contributed by atoms with Gasteiger partial charge in [0.1, 0.15) is 17.7 Å². The van der Waals surface area contributed by atoms with Crippen molar-refractivity contribution in [2.45, 2.75) is 44.1 Å². The quantitative estimate of drug-likeness (QED) is 0.312. The molecule has 44 heavy (non-hydrogen) atoms. The minimum Gasteiger partial charge on any atom is -0.444 e. The highest BCUT2D eigenvalue weighted by Crippen LogP contribution is 2.31. The molecule has 0 radical (unpaired) electrons. The van der Waals surface area contributed by atoms with Crippen molar-refractivity contribution in [2.75, 3.05) is 37.6 Å². The molecule has 0 spiro atoms. The smallest absolute Gasteiger partial charge is 0.407 e. The van der Waals surface area contributed by atoms with Crippen molar-refractivity contribution in [1.29, 1.82) is 0 Å². The number of aryl methyl sites for hydroxylation is 1. The summed E-state index contributed by atoms with van der Waals surface area (Å²) < 4.78 is 33.4. The van der Waals surface area contributed by atoms with E-state index in [-0.39, 0.29) is 17.3 Å². The maximum Gasteiger partial charge on any atom is 0.407 e. The van der Waals surface area contributed by atoms with Gasteiger partial charge in [0.05, 0.1) is 16.2 Å². The molecule has 2 aromatic heterocycles. The lowest BCUT2D eigenvalue weighted by Crippen LogP contribution is -2.51. The summed E-state index contributed by atoms with van der Waals surface area (Å²) >= 11 is 6.09. The fourth-order valence-corrected chi connectivity index (χ4v) is 6.74. The Balaban J connectivity index is 1.35. The summed E-state index contributed by atoms with van der Waals surface area (Å²) in [7, 11) is -3.86. The monoisotopic (exact) mass is 638 g/mol. The number of alkyl carbamates (subject to hydrolysis) is 1. The number of nitrogens with zero attached hydrogens (tertiary/aromatic N) is 5. The van der Waals surface area contributed by atoms with Gasteiger partial charge in [0.2, 0.25) is 5.91 Å². The van der Waals surface area contributed by atoms with Crippen molar-refractivity contribution in [3.05, 3.63) is 83.3 Å². The highest BCUT2D eigenvalue weighted by Gasteiger charge is 2.31. The second kappa shape index (κ2) is 12.4. The topological polar surface area (TPSA) is 127 Å². The van der Waals surface area contributed by atoms with Crippen molar-refractivity contribution < 1.29 is 22.7 Å². The number of carbonyl (C=O) groups is 2. The van der Waals surface area contributed by atoms with Crippen LogP contribution < -0.4 is 10.2 Å². The molecule has 1 N–H and O–H groups in total. The summed E-state index contributed by atoms with van der Waals surface area (Å²) in [5.41, 5.74) is 1.08. The predicted octanol–water partition coefficient (Wildman–Crippen LogP) is 4.59. The molecule has 1 aliphatic heterocycles. The Bertz CT molecular complexity index is 1760. The molecule has 1 atom stereocenters. The Labute approximate surface area is 261 Å². The number of hydrogen-bond acceptors (Lipinski definition) is 8. The van der Waals surface area contributed by atoms with E-state index >= 15 is 0 Å². The van der Waals surface area contributed by atoms with E-state index in [2.05, 4.69) is 15.3 Å². The van der Waals surface area contributed by atoms with Gasteiger partial charge >= 0.3 is 6.09 Å². The number of anilines is 1. The third-order valence-corrected chi connectivity index (χ3v) is 9.25. The normalized spacial score (nSPS) is 14.8. The minimum absolute atomic E-state index is 0.0602. The highest BCUT2D eigenvalue weighted by atomic mass is 35.5. The summed E-state index contributed by atoms with van der Waals surface area (Å²) in [4.78, 5) is 39.1. The van der Waals surface area contributed by atoms with Gasteiger partial charge in [0, 0.05) is 43.9 Å². The molecular formula is C31H35ClN6O5S. The number of benzene rings is 2. The molecule has 1 fully saturated rings. The highest BCUT2D eigenvalue weighted by molar-refractivity contribution is 7.90. The largest absolute Gasteiger partial charge is 0.444 e. The van der Waals surface area contributed by atoms with Gasteiger partial charge in [-0.15, -0.1) is 0 Å². The Morgan fingerprint density at radius 1 is 1.00 bits per heavy atom. The number of hydrogen-bond donors (Lipinski definition) is 1.